The fraction of sp³-hybridized carbons (Fsp3) is 0.455. The molecule has 0 aromatic carbocycles. The summed E-state index contributed by atoms with van der Waals surface area (Å²) in [5.74, 6) is -0.545. The Hall–Kier alpha value is -0.880. The molecule has 1 heterocycles. The van der Waals surface area contributed by atoms with Gasteiger partial charge in [0, 0.05) is 0 Å². The van der Waals surface area contributed by atoms with Gasteiger partial charge in [0.1, 0.15) is 23.0 Å². The number of nitrogens with one attached hydrogen (secondary N) is 1. The lowest BCUT2D eigenvalue weighted by Gasteiger charge is -2.17. The van der Waals surface area contributed by atoms with E-state index in [1.807, 2.05) is 0 Å². The minimum absolute atomic E-state index is 0.0195. The maximum Gasteiger partial charge on any atom is 0.326 e. The molecule has 2 atom stereocenters. The number of pyridine rings is 1. The lowest BCUT2D eigenvalue weighted by Crippen LogP contribution is -2.43. The zero-order valence-electron chi connectivity index (χ0n) is 9.98. The number of aliphatic hydroxyl groups excluding tert-OH is 1. The van der Waals surface area contributed by atoms with Crippen molar-refractivity contribution in [3.8, 4) is 0 Å². The molecule has 1 rings (SSSR count). The van der Waals surface area contributed by atoms with Crippen molar-refractivity contribution in [3.63, 3.8) is 0 Å². The number of carbonyl (C=O) groups is 1. The van der Waals surface area contributed by atoms with Crippen LogP contribution in [0.1, 0.15) is 12.5 Å². The molecule has 0 fully saturated rings. The summed E-state index contributed by atoms with van der Waals surface area (Å²) in [5.41, 5.74) is 0.633. The van der Waals surface area contributed by atoms with Crippen LogP contribution in [0.2, 0.25) is 10.3 Å². The first kappa shape index (κ1) is 15.2. The van der Waals surface area contributed by atoms with Crippen LogP contribution < -0.4 is 5.32 Å². The number of aliphatic hydroxyl groups is 1. The molecule has 0 amide bonds. The first-order chi connectivity index (χ1) is 8.43. The number of hydrogen-bond acceptors (Lipinski definition) is 5. The molecule has 1 aromatic rings. The summed E-state index contributed by atoms with van der Waals surface area (Å²) in [6, 6.07) is 2.34. The maximum atomic E-state index is 11.6. The lowest BCUT2D eigenvalue weighted by atomic mass is 10.2. The molecule has 0 bridgehead atoms. The van der Waals surface area contributed by atoms with Gasteiger partial charge in [-0.15, -0.1) is 0 Å². The molecule has 18 heavy (non-hydrogen) atoms. The van der Waals surface area contributed by atoms with Crippen LogP contribution >= 0.6 is 23.2 Å². The van der Waals surface area contributed by atoms with Crippen molar-refractivity contribution in [1.29, 1.82) is 0 Å². The van der Waals surface area contributed by atoms with E-state index in [-0.39, 0.29) is 16.9 Å². The third-order valence-corrected chi connectivity index (χ3v) is 2.64. The molecule has 0 radical (unpaired) electrons. The van der Waals surface area contributed by atoms with Crippen LogP contribution in [0, 0.1) is 0 Å². The second kappa shape index (κ2) is 6.89. The van der Waals surface area contributed by atoms with Gasteiger partial charge in [-0.3, -0.25) is 4.79 Å². The van der Waals surface area contributed by atoms with Crippen LogP contribution in [0.4, 0.5) is 0 Å². The van der Waals surface area contributed by atoms with E-state index < -0.39 is 18.1 Å². The lowest BCUT2D eigenvalue weighted by molar-refractivity contribution is -0.150. The molecule has 0 saturated carbocycles. The molecular weight excluding hydrogens is 279 g/mol. The number of hydrogen-bond donors (Lipinski definition) is 2. The number of carbonyl (C=O) groups excluding carboxylic acids is 1. The standard InChI is InChI=1S/C11H14Cl2N2O3/c1-6(16)10(14-2)11(17)18-5-7-3-8(12)15-9(13)4-7/h3-4,6,10,14,16H,5H2,1-2H3/t6-,10+/m1/s1. The number of likely N-dealkylation sites (N-methyl/N-ethyl adjacent to an activating group) is 1. The Morgan fingerprint density at radius 3 is 2.50 bits per heavy atom. The van der Waals surface area contributed by atoms with E-state index in [9.17, 15) is 9.90 Å². The number of nitrogens with zero attached hydrogens (tertiary/aromatic N) is 1. The van der Waals surface area contributed by atoms with Gasteiger partial charge in [0.15, 0.2) is 0 Å². The molecule has 1 aromatic heterocycles. The van der Waals surface area contributed by atoms with E-state index in [4.69, 9.17) is 27.9 Å². The summed E-state index contributed by atoms with van der Waals surface area (Å²) in [6.07, 6.45) is -0.841. The van der Waals surface area contributed by atoms with E-state index in [0.717, 1.165) is 0 Å². The van der Waals surface area contributed by atoms with Gasteiger partial charge in [0.2, 0.25) is 0 Å². The largest absolute Gasteiger partial charge is 0.460 e. The van der Waals surface area contributed by atoms with E-state index in [1.54, 1.807) is 19.2 Å². The van der Waals surface area contributed by atoms with Gasteiger partial charge in [-0.1, -0.05) is 23.2 Å². The highest BCUT2D eigenvalue weighted by Crippen LogP contribution is 2.15. The Kier molecular flexibility index (Phi) is 5.81. The maximum absolute atomic E-state index is 11.6. The minimum Gasteiger partial charge on any atom is -0.460 e. The van der Waals surface area contributed by atoms with Crippen molar-refractivity contribution in [3.05, 3.63) is 28.0 Å². The van der Waals surface area contributed by atoms with E-state index >= 15 is 0 Å². The van der Waals surface area contributed by atoms with Crippen molar-refractivity contribution >= 4 is 29.2 Å². The average molecular weight is 293 g/mol. The predicted octanol–water partition coefficient (Wildman–Crippen LogP) is 1.40. The van der Waals surface area contributed by atoms with Crippen LogP contribution in [0.3, 0.4) is 0 Å². The molecule has 0 aliphatic carbocycles. The van der Waals surface area contributed by atoms with E-state index in [2.05, 4.69) is 10.3 Å². The van der Waals surface area contributed by atoms with Crippen molar-refractivity contribution in [2.75, 3.05) is 7.05 Å². The zero-order valence-corrected chi connectivity index (χ0v) is 11.5. The number of rotatable bonds is 5. The van der Waals surface area contributed by atoms with Crippen LogP contribution in [0.25, 0.3) is 0 Å². The third kappa shape index (κ3) is 4.42. The van der Waals surface area contributed by atoms with Gasteiger partial charge in [0.25, 0.3) is 0 Å². The van der Waals surface area contributed by atoms with Crippen molar-refractivity contribution in [2.24, 2.45) is 0 Å². The Labute approximate surface area is 115 Å². The van der Waals surface area contributed by atoms with E-state index in [0.29, 0.717) is 5.56 Å². The summed E-state index contributed by atoms with van der Waals surface area (Å²) in [7, 11) is 1.57. The summed E-state index contributed by atoms with van der Waals surface area (Å²) < 4.78 is 5.05. The summed E-state index contributed by atoms with van der Waals surface area (Å²) in [4.78, 5) is 15.4. The topological polar surface area (TPSA) is 71.5 Å². The van der Waals surface area contributed by atoms with Gasteiger partial charge in [-0.2, -0.15) is 0 Å². The van der Waals surface area contributed by atoms with Gasteiger partial charge < -0.3 is 15.2 Å². The number of esters is 1. The number of aromatic nitrogens is 1. The quantitative estimate of drug-likeness (QED) is 0.634. The summed E-state index contributed by atoms with van der Waals surface area (Å²) in [5, 5.41) is 12.5. The highest BCUT2D eigenvalue weighted by atomic mass is 35.5. The highest BCUT2D eigenvalue weighted by molar-refractivity contribution is 6.32. The fourth-order valence-electron chi connectivity index (χ4n) is 1.40. The Bertz CT molecular complexity index is 406. The Morgan fingerprint density at radius 1 is 1.50 bits per heavy atom. The first-order valence-electron chi connectivity index (χ1n) is 5.28. The van der Waals surface area contributed by atoms with Gasteiger partial charge >= 0.3 is 5.97 Å². The zero-order chi connectivity index (χ0) is 13.7. The molecule has 0 aliphatic rings. The molecular formula is C11H14Cl2N2O3. The Morgan fingerprint density at radius 2 is 2.06 bits per heavy atom. The van der Waals surface area contributed by atoms with Crippen LogP contribution in [0.15, 0.2) is 12.1 Å². The monoisotopic (exact) mass is 292 g/mol. The van der Waals surface area contributed by atoms with E-state index in [1.165, 1.54) is 6.92 Å². The molecule has 0 spiro atoms. The van der Waals surface area contributed by atoms with Crippen LogP contribution in [-0.2, 0) is 16.1 Å². The fourth-order valence-corrected chi connectivity index (χ4v) is 1.90. The minimum atomic E-state index is -0.841. The molecule has 7 heteroatoms. The van der Waals surface area contributed by atoms with Crippen LogP contribution in [-0.4, -0.2) is 35.3 Å². The molecule has 0 unspecified atom stereocenters. The van der Waals surface area contributed by atoms with Gasteiger partial charge in [-0.25, -0.2) is 4.98 Å². The van der Waals surface area contributed by atoms with Crippen LogP contribution in [0.5, 0.6) is 0 Å². The van der Waals surface area contributed by atoms with Gasteiger partial charge in [-0.05, 0) is 31.7 Å². The van der Waals surface area contributed by atoms with Gasteiger partial charge in [0.05, 0.1) is 6.10 Å². The molecule has 0 saturated heterocycles. The predicted molar refractivity (Wildman–Crippen MR) is 68.6 cm³/mol. The highest BCUT2D eigenvalue weighted by Gasteiger charge is 2.23. The van der Waals surface area contributed by atoms with Crippen molar-refractivity contribution < 1.29 is 14.6 Å². The molecule has 0 aliphatic heterocycles. The van der Waals surface area contributed by atoms with Crippen molar-refractivity contribution in [1.82, 2.24) is 10.3 Å². The second-order valence-electron chi connectivity index (χ2n) is 3.74. The molecule has 5 nitrogen and oxygen atoms in total. The molecule has 100 valence electrons. The third-order valence-electron chi connectivity index (χ3n) is 2.25. The summed E-state index contributed by atoms with van der Waals surface area (Å²) in [6.45, 7) is 1.52. The average Bonchev–Trinajstić information content (AvgIpc) is 2.25. The molecule has 2 N–H and O–H groups in total. The smallest absolute Gasteiger partial charge is 0.326 e. The number of halogens is 2. The first-order valence-corrected chi connectivity index (χ1v) is 6.03. The second-order valence-corrected chi connectivity index (χ2v) is 4.51. The summed E-state index contributed by atoms with van der Waals surface area (Å²) >= 11 is 11.4. The number of ether oxygens (including phenoxy) is 1. The Balaban J connectivity index is 2.62. The normalized spacial score (nSPS) is 14.1. The van der Waals surface area contributed by atoms with Crippen molar-refractivity contribution in [2.45, 2.75) is 25.7 Å². The SMILES string of the molecule is CN[C@H](C(=O)OCc1cc(Cl)nc(Cl)c1)[C@@H](C)O.